The summed E-state index contributed by atoms with van der Waals surface area (Å²) in [6, 6.07) is 40.4. The predicted molar refractivity (Wildman–Crippen MR) is 204 cm³/mol. The Labute approximate surface area is 301 Å². The zero-order valence-electron chi connectivity index (χ0n) is 29.4. The summed E-state index contributed by atoms with van der Waals surface area (Å²) < 4.78 is 0. The van der Waals surface area contributed by atoms with E-state index in [0.717, 1.165) is 9.52 Å². The van der Waals surface area contributed by atoms with Gasteiger partial charge in [-0.05, 0) is 46.9 Å². The molecule has 0 atom stereocenters. The summed E-state index contributed by atoms with van der Waals surface area (Å²) >= 11 is 0. The Morgan fingerprint density at radius 3 is 1.22 bits per heavy atom. The van der Waals surface area contributed by atoms with E-state index < -0.39 is 0 Å². The largest absolute Gasteiger partial charge is 2.00 e. The van der Waals surface area contributed by atoms with Crippen LogP contribution in [0.2, 0.25) is 13.1 Å². The SMILES string of the molecule is CCCc1cc2c(-c3ccccc3C(C)C)cccc2[cH-]1.CCCc1cc2c(-c3ccccc3C(C)C)cccc2[cH-]1.C[Si]C.[Zr+2]. The fourth-order valence-corrected chi connectivity index (χ4v) is 6.42. The van der Waals surface area contributed by atoms with E-state index in [9.17, 15) is 0 Å². The van der Waals surface area contributed by atoms with Crippen LogP contribution in [0.1, 0.15) is 88.5 Å². The number of hydrogen-bond donors (Lipinski definition) is 0. The molecule has 2 heteroatoms. The first-order valence-electron chi connectivity index (χ1n) is 17.0. The number of rotatable bonds is 8. The van der Waals surface area contributed by atoms with Crippen molar-refractivity contribution in [3.8, 4) is 22.3 Å². The molecule has 0 aliphatic carbocycles. The third kappa shape index (κ3) is 9.17. The summed E-state index contributed by atoms with van der Waals surface area (Å²) in [6.07, 6.45) is 4.74. The molecular weight excluding hydrogens is 648 g/mol. The first-order chi connectivity index (χ1) is 21.8. The van der Waals surface area contributed by atoms with Crippen LogP contribution < -0.4 is 0 Å². The Balaban J connectivity index is 0.000000226. The smallest absolute Gasteiger partial charge is 0.164 e. The van der Waals surface area contributed by atoms with Gasteiger partial charge in [-0.15, -0.1) is 69.1 Å². The third-order valence-electron chi connectivity index (χ3n) is 8.44. The molecule has 0 nitrogen and oxygen atoms in total. The fraction of sp³-hybridized carbons (Fsp3) is 0.318. The summed E-state index contributed by atoms with van der Waals surface area (Å²) in [5, 5.41) is 5.53. The Morgan fingerprint density at radius 1 is 0.522 bits per heavy atom. The molecule has 0 N–H and O–H groups in total. The fourth-order valence-electron chi connectivity index (χ4n) is 6.42. The minimum Gasteiger partial charge on any atom is -0.164 e. The number of benzene rings is 4. The minimum absolute atomic E-state index is 0. The zero-order chi connectivity index (χ0) is 32.3. The predicted octanol–water partition coefficient (Wildman–Crippen LogP) is 13.4. The van der Waals surface area contributed by atoms with Crippen molar-refractivity contribution in [1.29, 1.82) is 0 Å². The minimum atomic E-state index is 0. The molecule has 236 valence electrons. The van der Waals surface area contributed by atoms with Crippen LogP contribution in [0, 0.1) is 0 Å². The Kier molecular flexibility index (Phi) is 15.2. The summed E-state index contributed by atoms with van der Waals surface area (Å²) in [4.78, 5) is 0. The molecule has 0 fully saturated rings. The molecule has 0 bridgehead atoms. The van der Waals surface area contributed by atoms with Crippen molar-refractivity contribution in [2.24, 2.45) is 0 Å². The van der Waals surface area contributed by atoms with Crippen LogP contribution in [0.15, 0.2) is 109 Å². The van der Waals surface area contributed by atoms with Gasteiger partial charge < -0.3 is 0 Å². The van der Waals surface area contributed by atoms with Crippen LogP contribution >= 0.6 is 0 Å². The number of hydrogen-bond acceptors (Lipinski definition) is 0. The van der Waals surface area contributed by atoms with Crippen LogP contribution in [0.4, 0.5) is 0 Å². The third-order valence-corrected chi connectivity index (χ3v) is 8.44. The van der Waals surface area contributed by atoms with Gasteiger partial charge in [0.15, 0.2) is 0 Å². The second-order valence-electron chi connectivity index (χ2n) is 12.8. The van der Waals surface area contributed by atoms with Crippen LogP contribution in [-0.2, 0) is 39.0 Å². The Hall–Kier alpha value is -2.80. The van der Waals surface area contributed by atoms with Gasteiger partial charge in [-0.2, -0.15) is 12.1 Å². The van der Waals surface area contributed by atoms with Gasteiger partial charge in [-0.1, -0.05) is 139 Å². The van der Waals surface area contributed by atoms with Crippen molar-refractivity contribution in [3.63, 3.8) is 0 Å². The van der Waals surface area contributed by atoms with Crippen LogP contribution in [-0.4, -0.2) is 9.52 Å². The van der Waals surface area contributed by atoms with E-state index in [2.05, 4.69) is 164 Å². The maximum atomic E-state index is 2.38. The normalized spacial score (nSPS) is 10.8. The van der Waals surface area contributed by atoms with Gasteiger partial charge in [-0.3, -0.25) is 0 Å². The van der Waals surface area contributed by atoms with Gasteiger partial charge >= 0.3 is 26.2 Å². The molecule has 6 aromatic rings. The molecule has 0 saturated carbocycles. The van der Waals surface area contributed by atoms with E-state index in [1.807, 2.05) is 0 Å². The number of fused-ring (bicyclic) bond motifs is 2. The molecule has 0 amide bonds. The first-order valence-corrected chi connectivity index (χ1v) is 19.0. The average molecular weight is 700 g/mol. The molecule has 0 aromatic heterocycles. The molecule has 0 spiro atoms. The molecular formula is C44H52SiZr. The molecule has 2 radical (unpaired) electrons. The van der Waals surface area contributed by atoms with Crippen molar-refractivity contribution in [2.45, 2.75) is 92.2 Å². The van der Waals surface area contributed by atoms with E-state index in [0.29, 0.717) is 11.8 Å². The van der Waals surface area contributed by atoms with Crippen molar-refractivity contribution in [1.82, 2.24) is 0 Å². The van der Waals surface area contributed by atoms with Gasteiger partial charge in [0.05, 0.1) is 0 Å². The van der Waals surface area contributed by atoms with Gasteiger partial charge in [0, 0.05) is 9.52 Å². The Bertz CT molecular complexity index is 1650. The van der Waals surface area contributed by atoms with Crippen LogP contribution in [0.5, 0.6) is 0 Å². The molecule has 0 heterocycles. The first kappa shape index (κ1) is 37.7. The second-order valence-corrected chi connectivity index (χ2v) is 13.8. The van der Waals surface area contributed by atoms with Crippen molar-refractivity contribution >= 4 is 31.1 Å². The van der Waals surface area contributed by atoms with E-state index >= 15 is 0 Å². The van der Waals surface area contributed by atoms with Crippen molar-refractivity contribution in [2.75, 3.05) is 0 Å². The molecule has 0 aliphatic rings. The maximum Gasteiger partial charge on any atom is 2.00 e. The Morgan fingerprint density at radius 2 is 0.870 bits per heavy atom. The summed E-state index contributed by atoms with van der Waals surface area (Å²) in [5.74, 6) is 1.09. The van der Waals surface area contributed by atoms with E-state index in [1.165, 1.54) is 91.7 Å². The standard InChI is InChI=1S/2C21H23.C2H6Si.Zr/c2*1-4-8-16-13-17-9-7-12-20(21(17)14-16)19-11-6-5-10-18(19)15(2)3;1-3-2;/h2*5-7,9-15H,4,8H2,1-3H3;1-2H3;/q2*-1;;+2. The van der Waals surface area contributed by atoms with Gasteiger partial charge in [0.25, 0.3) is 0 Å². The molecule has 46 heavy (non-hydrogen) atoms. The zero-order valence-corrected chi connectivity index (χ0v) is 32.8. The molecule has 6 aromatic carbocycles. The summed E-state index contributed by atoms with van der Waals surface area (Å²) in [6.45, 7) is 17.9. The molecule has 0 unspecified atom stereocenters. The van der Waals surface area contributed by atoms with Crippen molar-refractivity contribution in [3.05, 3.63) is 131 Å². The number of aryl methyl sites for hydroxylation is 2. The molecule has 0 aliphatic heterocycles. The quantitative estimate of drug-likeness (QED) is 0.110. The van der Waals surface area contributed by atoms with Gasteiger partial charge in [0.2, 0.25) is 0 Å². The van der Waals surface area contributed by atoms with E-state index in [-0.39, 0.29) is 26.2 Å². The topological polar surface area (TPSA) is 0 Å². The van der Waals surface area contributed by atoms with Gasteiger partial charge in [-0.25, -0.2) is 0 Å². The monoisotopic (exact) mass is 698 g/mol. The van der Waals surface area contributed by atoms with Crippen LogP contribution in [0.3, 0.4) is 0 Å². The molecule has 6 rings (SSSR count). The summed E-state index contributed by atoms with van der Waals surface area (Å²) in [7, 11) is 1.08. The maximum absolute atomic E-state index is 2.38. The van der Waals surface area contributed by atoms with Crippen molar-refractivity contribution < 1.29 is 26.2 Å². The van der Waals surface area contributed by atoms with E-state index in [4.69, 9.17) is 0 Å². The molecule has 0 saturated heterocycles. The van der Waals surface area contributed by atoms with E-state index in [1.54, 1.807) is 0 Å². The average Bonchev–Trinajstić information content (AvgIpc) is 3.65. The van der Waals surface area contributed by atoms with Gasteiger partial charge in [0.1, 0.15) is 0 Å². The second kappa shape index (κ2) is 18.5. The summed E-state index contributed by atoms with van der Waals surface area (Å²) in [5.41, 5.74) is 11.3. The van der Waals surface area contributed by atoms with Crippen LogP contribution in [0.25, 0.3) is 43.8 Å².